The standard InChI is InChI=1S/C9H13ClN6O2/c10-5-6(14-15-7(5)11)8(17)12-1-3-16-4-2-13-9(16)18/h1-4H2,(H,12,17)(H,13,18)(H3,11,14,15). The zero-order valence-corrected chi connectivity index (χ0v) is 10.3. The van der Waals surface area contributed by atoms with Gasteiger partial charge in [-0.3, -0.25) is 9.89 Å². The molecule has 1 aromatic rings. The summed E-state index contributed by atoms with van der Waals surface area (Å²) in [6.07, 6.45) is 0. The van der Waals surface area contributed by atoms with Crippen LogP contribution in [-0.2, 0) is 0 Å². The van der Waals surface area contributed by atoms with Gasteiger partial charge in [0.25, 0.3) is 5.91 Å². The van der Waals surface area contributed by atoms with E-state index in [-0.39, 0.29) is 22.6 Å². The van der Waals surface area contributed by atoms with E-state index >= 15 is 0 Å². The Hall–Kier alpha value is -1.96. The Morgan fingerprint density at radius 3 is 2.94 bits per heavy atom. The van der Waals surface area contributed by atoms with Crippen LogP contribution in [0.5, 0.6) is 0 Å². The number of nitrogens with one attached hydrogen (secondary N) is 3. The molecule has 3 amide bonds. The molecule has 2 rings (SSSR count). The number of amides is 3. The molecule has 0 bridgehead atoms. The number of hydrogen-bond acceptors (Lipinski definition) is 4. The monoisotopic (exact) mass is 272 g/mol. The molecule has 18 heavy (non-hydrogen) atoms. The number of nitrogens with zero attached hydrogens (tertiary/aromatic N) is 2. The van der Waals surface area contributed by atoms with Gasteiger partial charge in [-0.15, -0.1) is 0 Å². The predicted molar refractivity (Wildman–Crippen MR) is 65.3 cm³/mol. The Kier molecular flexibility index (Phi) is 3.56. The smallest absolute Gasteiger partial charge is 0.317 e. The number of anilines is 1. The lowest BCUT2D eigenvalue weighted by Crippen LogP contribution is -2.36. The molecule has 5 N–H and O–H groups in total. The molecule has 0 spiro atoms. The molecule has 1 aliphatic rings. The van der Waals surface area contributed by atoms with Crippen molar-refractivity contribution in [2.45, 2.75) is 0 Å². The summed E-state index contributed by atoms with van der Waals surface area (Å²) in [5.74, 6) is -0.315. The van der Waals surface area contributed by atoms with Crippen molar-refractivity contribution in [3.63, 3.8) is 0 Å². The lowest BCUT2D eigenvalue weighted by atomic mass is 10.4. The highest BCUT2D eigenvalue weighted by atomic mass is 35.5. The first-order valence-corrected chi connectivity index (χ1v) is 5.77. The molecule has 1 saturated heterocycles. The summed E-state index contributed by atoms with van der Waals surface area (Å²) in [6.45, 7) is 2.06. The van der Waals surface area contributed by atoms with E-state index in [2.05, 4.69) is 20.8 Å². The molecule has 9 heteroatoms. The van der Waals surface area contributed by atoms with Gasteiger partial charge in [-0.1, -0.05) is 11.6 Å². The van der Waals surface area contributed by atoms with Gasteiger partial charge in [0.05, 0.1) is 0 Å². The Balaban J connectivity index is 1.82. The fourth-order valence-electron chi connectivity index (χ4n) is 1.61. The molecule has 1 aliphatic heterocycles. The van der Waals surface area contributed by atoms with E-state index in [1.807, 2.05) is 0 Å². The van der Waals surface area contributed by atoms with E-state index in [0.717, 1.165) is 0 Å². The molecule has 1 fully saturated rings. The van der Waals surface area contributed by atoms with E-state index in [1.165, 1.54) is 0 Å². The summed E-state index contributed by atoms with van der Waals surface area (Å²) in [4.78, 5) is 24.5. The van der Waals surface area contributed by atoms with Gasteiger partial charge in [-0.05, 0) is 0 Å². The molecule has 1 aromatic heterocycles. The summed E-state index contributed by atoms with van der Waals surface area (Å²) in [5, 5.41) is 11.5. The van der Waals surface area contributed by atoms with Crippen LogP contribution in [-0.4, -0.2) is 53.2 Å². The summed E-state index contributed by atoms with van der Waals surface area (Å²) in [6, 6.07) is -0.118. The molecule has 0 aliphatic carbocycles. The van der Waals surface area contributed by atoms with Crippen molar-refractivity contribution >= 4 is 29.4 Å². The molecule has 98 valence electrons. The van der Waals surface area contributed by atoms with Crippen molar-refractivity contribution < 1.29 is 9.59 Å². The molecule has 0 saturated carbocycles. The number of rotatable bonds is 4. The first kappa shape index (κ1) is 12.5. The number of carbonyl (C=O) groups is 2. The molecule has 0 aromatic carbocycles. The Morgan fingerprint density at radius 1 is 1.61 bits per heavy atom. The summed E-state index contributed by atoms with van der Waals surface area (Å²) in [7, 11) is 0. The zero-order chi connectivity index (χ0) is 13.1. The van der Waals surface area contributed by atoms with Crippen LogP contribution in [0.2, 0.25) is 5.02 Å². The van der Waals surface area contributed by atoms with E-state index in [1.54, 1.807) is 4.90 Å². The summed E-state index contributed by atoms with van der Waals surface area (Å²) in [5.41, 5.74) is 5.53. The van der Waals surface area contributed by atoms with Gasteiger partial charge in [0, 0.05) is 26.2 Å². The molecule has 0 unspecified atom stereocenters. The average molecular weight is 273 g/mol. The lowest BCUT2D eigenvalue weighted by Gasteiger charge is -2.13. The van der Waals surface area contributed by atoms with E-state index < -0.39 is 5.91 Å². The van der Waals surface area contributed by atoms with Crippen LogP contribution in [0, 0.1) is 0 Å². The number of halogens is 1. The van der Waals surface area contributed by atoms with Gasteiger partial charge >= 0.3 is 6.03 Å². The van der Waals surface area contributed by atoms with E-state index in [9.17, 15) is 9.59 Å². The fraction of sp³-hybridized carbons (Fsp3) is 0.444. The van der Waals surface area contributed by atoms with E-state index in [4.69, 9.17) is 17.3 Å². The Bertz CT molecular complexity index is 474. The molecular formula is C9H13ClN6O2. The quantitative estimate of drug-likeness (QED) is 0.586. The van der Waals surface area contributed by atoms with Crippen molar-refractivity contribution in [1.29, 1.82) is 0 Å². The Morgan fingerprint density at radius 2 is 2.39 bits per heavy atom. The van der Waals surface area contributed by atoms with Crippen molar-refractivity contribution in [2.75, 3.05) is 31.9 Å². The molecule has 8 nitrogen and oxygen atoms in total. The van der Waals surface area contributed by atoms with Crippen LogP contribution in [0.3, 0.4) is 0 Å². The highest BCUT2D eigenvalue weighted by Crippen LogP contribution is 2.19. The third-order valence-electron chi connectivity index (χ3n) is 2.57. The number of H-pyrrole nitrogens is 1. The van der Waals surface area contributed by atoms with Crippen molar-refractivity contribution in [3.8, 4) is 0 Å². The second-order valence-electron chi connectivity index (χ2n) is 3.77. The molecule has 0 atom stereocenters. The first-order chi connectivity index (χ1) is 8.59. The Labute approximate surface area is 108 Å². The van der Waals surface area contributed by atoms with Gasteiger partial charge in [-0.2, -0.15) is 5.10 Å². The normalized spacial score (nSPS) is 14.7. The first-order valence-electron chi connectivity index (χ1n) is 5.40. The third-order valence-corrected chi connectivity index (χ3v) is 2.95. The highest BCUT2D eigenvalue weighted by Gasteiger charge is 2.20. The van der Waals surface area contributed by atoms with Gasteiger partial charge < -0.3 is 21.3 Å². The maximum absolute atomic E-state index is 11.7. The fourth-order valence-corrected chi connectivity index (χ4v) is 1.78. The minimum atomic E-state index is -0.399. The van der Waals surface area contributed by atoms with Crippen LogP contribution >= 0.6 is 11.6 Å². The molecule has 0 radical (unpaired) electrons. The van der Waals surface area contributed by atoms with Gasteiger partial charge in [0.2, 0.25) is 0 Å². The summed E-state index contributed by atoms with van der Waals surface area (Å²) >= 11 is 5.78. The van der Waals surface area contributed by atoms with Crippen LogP contribution in [0.15, 0.2) is 0 Å². The number of carbonyl (C=O) groups excluding carboxylic acids is 2. The number of nitrogen functional groups attached to an aromatic ring is 1. The maximum atomic E-state index is 11.7. The van der Waals surface area contributed by atoms with Crippen molar-refractivity contribution in [1.82, 2.24) is 25.7 Å². The second-order valence-corrected chi connectivity index (χ2v) is 4.15. The number of nitrogens with two attached hydrogens (primary N) is 1. The predicted octanol–water partition coefficient (Wildman–Crippen LogP) is -0.600. The topological polar surface area (TPSA) is 116 Å². The van der Waals surface area contributed by atoms with Crippen LogP contribution in [0.4, 0.5) is 10.6 Å². The molecular weight excluding hydrogens is 260 g/mol. The average Bonchev–Trinajstić information content (AvgIpc) is 2.88. The maximum Gasteiger partial charge on any atom is 0.317 e. The van der Waals surface area contributed by atoms with E-state index in [0.29, 0.717) is 26.2 Å². The minimum absolute atomic E-state index is 0.0840. The van der Waals surface area contributed by atoms with Crippen LogP contribution in [0.25, 0.3) is 0 Å². The van der Waals surface area contributed by atoms with Gasteiger partial charge in [-0.25, -0.2) is 4.79 Å². The summed E-state index contributed by atoms with van der Waals surface area (Å²) < 4.78 is 0. The number of aromatic nitrogens is 2. The van der Waals surface area contributed by atoms with Gasteiger partial charge in [0.15, 0.2) is 5.82 Å². The largest absolute Gasteiger partial charge is 0.381 e. The highest BCUT2D eigenvalue weighted by molar-refractivity contribution is 6.35. The van der Waals surface area contributed by atoms with Gasteiger partial charge in [0.1, 0.15) is 10.7 Å². The number of hydrogen-bond donors (Lipinski definition) is 4. The van der Waals surface area contributed by atoms with Crippen molar-refractivity contribution in [2.24, 2.45) is 0 Å². The number of urea groups is 1. The minimum Gasteiger partial charge on any atom is -0.381 e. The molecule has 2 heterocycles. The number of aromatic amines is 1. The third kappa shape index (κ3) is 2.48. The zero-order valence-electron chi connectivity index (χ0n) is 9.49. The van der Waals surface area contributed by atoms with Crippen LogP contribution < -0.4 is 16.4 Å². The second kappa shape index (κ2) is 5.13. The lowest BCUT2D eigenvalue weighted by molar-refractivity contribution is 0.0945. The SMILES string of the molecule is Nc1n[nH]c(C(=O)NCCN2CCNC2=O)c1Cl. The van der Waals surface area contributed by atoms with Crippen molar-refractivity contribution in [3.05, 3.63) is 10.7 Å². The van der Waals surface area contributed by atoms with Crippen LogP contribution in [0.1, 0.15) is 10.5 Å².